The minimum absolute atomic E-state index is 0.00476. The molecule has 11 heteroatoms. The van der Waals surface area contributed by atoms with Crippen LogP contribution < -0.4 is 9.62 Å². The first-order valence-electron chi connectivity index (χ1n) is 12.2. The Balaban J connectivity index is 2.03. The van der Waals surface area contributed by atoms with Gasteiger partial charge in [-0.05, 0) is 60.9 Å². The van der Waals surface area contributed by atoms with Gasteiger partial charge in [-0.25, -0.2) is 8.42 Å². The molecule has 3 aromatic rings. The van der Waals surface area contributed by atoms with E-state index in [0.717, 1.165) is 14.3 Å². The van der Waals surface area contributed by atoms with E-state index in [9.17, 15) is 18.0 Å². The minimum Gasteiger partial charge on any atom is -0.354 e. The van der Waals surface area contributed by atoms with Crippen molar-refractivity contribution in [2.24, 2.45) is 5.92 Å². The zero-order chi connectivity index (χ0) is 28.7. The Morgan fingerprint density at radius 3 is 2.23 bits per heavy atom. The van der Waals surface area contributed by atoms with Crippen molar-refractivity contribution >= 4 is 66.7 Å². The van der Waals surface area contributed by atoms with Gasteiger partial charge in [-0.2, -0.15) is 0 Å². The first-order valence-corrected chi connectivity index (χ1v) is 15.2. The number of carbonyl (C=O) groups excluding carboxylic acids is 2. The predicted molar refractivity (Wildman–Crippen MR) is 159 cm³/mol. The number of benzene rings is 3. The number of sulfonamides is 1. The van der Waals surface area contributed by atoms with Crippen molar-refractivity contribution < 1.29 is 18.0 Å². The van der Waals surface area contributed by atoms with Crippen molar-refractivity contribution in [2.45, 2.75) is 38.3 Å². The maximum atomic E-state index is 13.9. The topological polar surface area (TPSA) is 86.8 Å². The molecule has 0 aromatic heterocycles. The van der Waals surface area contributed by atoms with E-state index in [0.29, 0.717) is 6.54 Å². The first-order chi connectivity index (χ1) is 18.4. The van der Waals surface area contributed by atoms with Crippen molar-refractivity contribution in [3.63, 3.8) is 0 Å². The van der Waals surface area contributed by atoms with Crippen LogP contribution in [0.15, 0.2) is 82.2 Å². The summed E-state index contributed by atoms with van der Waals surface area (Å²) in [6.45, 7) is 5.54. The van der Waals surface area contributed by atoms with E-state index in [-0.39, 0.29) is 39.0 Å². The normalized spacial score (nSPS) is 12.2. The monoisotopic (exact) mass is 653 g/mol. The van der Waals surface area contributed by atoms with Crippen LogP contribution in [0.25, 0.3) is 0 Å². The van der Waals surface area contributed by atoms with Gasteiger partial charge in [-0.1, -0.05) is 83.3 Å². The van der Waals surface area contributed by atoms with Gasteiger partial charge in [0.05, 0.1) is 20.6 Å². The standard InChI is InChI=1S/C28H30BrCl2N3O4S/c1-19(2)16-32-28(36)20(3)33(17-21-8-7-9-22(29)14-21)27(35)18-34(23-12-13-25(30)26(31)15-23)39(37,38)24-10-5-4-6-11-24/h4-15,19-20H,16-18H2,1-3H3,(H,32,36)/t20-/m0/s1. The van der Waals surface area contributed by atoms with Crippen LogP contribution in [-0.4, -0.2) is 44.3 Å². The van der Waals surface area contributed by atoms with E-state index in [1.54, 1.807) is 25.1 Å². The number of rotatable bonds is 11. The number of hydrogen-bond donors (Lipinski definition) is 1. The van der Waals surface area contributed by atoms with Gasteiger partial charge in [0.15, 0.2) is 0 Å². The largest absolute Gasteiger partial charge is 0.354 e. The molecular formula is C28H30BrCl2N3O4S. The third kappa shape index (κ3) is 8.20. The second-order valence-electron chi connectivity index (χ2n) is 9.39. The van der Waals surface area contributed by atoms with Crippen molar-refractivity contribution in [2.75, 3.05) is 17.4 Å². The van der Waals surface area contributed by atoms with Gasteiger partial charge in [0, 0.05) is 17.6 Å². The smallest absolute Gasteiger partial charge is 0.264 e. The number of hydrogen-bond acceptors (Lipinski definition) is 4. The molecule has 0 radical (unpaired) electrons. The number of nitrogens with one attached hydrogen (secondary N) is 1. The molecule has 3 rings (SSSR count). The summed E-state index contributed by atoms with van der Waals surface area (Å²) in [5.41, 5.74) is 0.939. The van der Waals surface area contributed by atoms with E-state index in [1.807, 2.05) is 38.1 Å². The van der Waals surface area contributed by atoms with E-state index < -0.39 is 28.5 Å². The lowest BCUT2D eigenvalue weighted by Crippen LogP contribution is -2.51. The third-order valence-corrected chi connectivity index (χ3v) is 8.92. The Kier molecular flexibility index (Phi) is 10.8. The Morgan fingerprint density at radius 1 is 0.923 bits per heavy atom. The van der Waals surface area contributed by atoms with Gasteiger partial charge in [-0.3, -0.25) is 13.9 Å². The maximum Gasteiger partial charge on any atom is 0.264 e. The van der Waals surface area contributed by atoms with Crippen molar-refractivity contribution in [1.82, 2.24) is 10.2 Å². The summed E-state index contributed by atoms with van der Waals surface area (Å²) >= 11 is 15.7. The summed E-state index contributed by atoms with van der Waals surface area (Å²) < 4.78 is 29.3. The summed E-state index contributed by atoms with van der Waals surface area (Å²) in [4.78, 5) is 28.3. The molecular weight excluding hydrogens is 625 g/mol. The highest BCUT2D eigenvalue weighted by atomic mass is 79.9. The van der Waals surface area contributed by atoms with E-state index in [2.05, 4.69) is 21.2 Å². The van der Waals surface area contributed by atoms with Gasteiger partial charge in [0.1, 0.15) is 12.6 Å². The number of halogens is 3. The molecule has 0 saturated carbocycles. The van der Waals surface area contributed by atoms with Crippen LogP contribution in [0.4, 0.5) is 5.69 Å². The Morgan fingerprint density at radius 2 is 1.62 bits per heavy atom. The van der Waals surface area contributed by atoms with E-state index in [4.69, 9.17) is 23.2 Å². The fourth-order valence-corrected chi connectivity index (χ4v) is 5.92. The molecule has 0 heterocycles. The molecule has 0 aliphatic heterocycles. The Labute approximate surface area is 248 Å². The van der Waals surface area contributed by atoms with Gasteiger partial charge in [-0.15, -0.1) is 0 Å². The Hall–Kier alpha value is -2.59. The molecule has 39 heavy (non-hydrogen) atoms. The van der Waals surface area contributed by atoms with Crippen LogP contribution in [0.2, 0.25) is 10.0 Å². The van der Waals surface area contributed by atoms with Gasteiger partial charge < -0.3 is 10.2 Å². The summed E-state index contributed by atoms with van der Waals surface area (Å²) in [6, 6.07) is 18.6. The van der Waals surface area contributed by atoms with Crippen molar-refractivity contribution in [3.05, 3.63) is 92.9 Å². The number of nitrogens with zero attached hydrogens (tertiary/aromatic N) is 2. The molecule has 1 atom stereocenters. The molecule has 7 nitrogen and oxygen atoms in total. The lowest BCUT2D eigenvalue weighted by molar-refractivity contribution is -0.139. The number of anilines is 1. The summed E-state index contributed by atoms with van der Waals surface area (Å²) in [5.74, 6) is -0.677. The zero-order valence-electron chi connectivity index (χ0n) is 21.8. The van der Waals surface area contributed by atoms with Crippen LogP contribution in [0, 0.1) is 5.92 Å². The van der Waals surface area contributed by atoms with E-state index in [1.165, 1.54) is 35.2 Å². The van der Waals surface area contributed by atoms with Crippen LogP contribution in [0.1, 0.15) is 26.3 Å². The van der Waals surface area contributed by atoms with Crippen LogP contribution in [0.5, 0.6) is 0 Å². The fraction of sp³-hybridized carbons (Fsp3) is 0.286. The highest BCUT2D eigenvalue weighted by Gasteiger charge is 2.32. The van der Waals surface area contributed by atoms with Crippen LogP contribution in [0.3, 0.4) is 0 Å². The molecule has 208 valence electrons. The lowest BCUT2D eigenvalue weighted by Gasteiger charge is -2.32. The van der Waals surface area contributed by atoms with Gasteiger partial charge in [0.25, 0.3) is 10.0 Å². The highest BCUT2D eigenvalue weighted by Crippen LogP contribution is 2.31. The molecule has 2 amide bonds. The zero-order valence-corrected chi connectivity index (χ0v) is 25.7. The Bertz CT molecular complexity index is 1420. The van der Waals surface area contributed by atoms with Gasteiger partial charge >= 0.3 is 0 Å². The summed E-state index contributed by atoms with van der Waals surface area (Å²) in [5, 5.41) is 3.25. The van der Waals surface area contributed by atoms with Crippen LogP contribution >= 0.6 is 39.1 Å². The molecule has 0 unspecified atom stereocenters. The fourth-order valence-electron chi connectivity index (χ4n) is 3.76. The second kappa shape index (κ2) is 13.7. The lowest BCUT2D eigenvalue weighted by atomic mass is 10.1. The quantitative estimate of drug-likeness (QED) is 0.269. The average molecular weight is 655 g/mol. The number of carbonyl (C=O) groups is 2. The van der Waals surface area contributed by atoms with E-state index >= 15 is 0 Å². The average Bonchev–Trinajstić information content (AvgIpc) is 2.90. The third-order valence-electron chi connectivity index (χ3n) is 5.90. The predicted octanol–water partition coefficient (Wildman–Crippen LogP) is 6.14. The molecule has 0 spiro atoms. The maximum absolute atomic E-state index is 13.9. The summed E-state index contributed by atoms with van der Waals surface area (Å²) in [7, 11) is -4.18. The molecule has 3 aromatic carbocycles. The first kappa shape index (κ1) is 30.9. The number of amides is 2. The van der Waals surface area contributed by atoms with Crippen molar-refractivity contribution in [3.8, 4) is 0 Å². The van der Waals surface area contributed by atoms with Gasteiger partial charge in [0.2, 0.25) is 11.8 Å². The van der Waals surface area contributed by atoms with Crippen LogP contribution in [-0.2, 0) is 26.2 Å². The summed E-state index contributed by atoms with van der Waals surface area (Å²) in [6.07, 6.45) is 0. The molecule has 0 fully saturated rings. The molecule has 0 aliphatic carbocycles. The molecule has 0 saturated heterocycles. The highest BCUT2D eigenvalue weighted by molar-refractivity contribution is 9.10. The molecule has 0 bridgehead atoms. The SMILES string of the molecule is CC(C)CNC(=O)[C@H](C)N(Cc1cccc(Br)c1)C(=O)CN(c1ccc(Cl)c(Cl)c1)S(=O)(=O)c1ccccc1. The second-order valence-corrected chi connectivity index (χ2v) is 13.0. The molecule has 1 N–H and O–H groups in total. The molecule has 0 aliphatic rings. The minimum atomic E-state index is -4.18. The van der Waals surface area contributed by atoms with Crippen molar-refractivity contribution in [1.29, 1.82) is 0 Å².